The summed E-state index contributed by atoms with van der Waals surface area (Å²) < 4.78 is 5.26. The lowest BCUT2D eigenvalue weighted by Gasteiger charge is -2.19. The highest BCUT2D eigenvalue weighted by Gasteiger charge is 2.14. The second kappa shape index (κ2) is 6.98. The SMILES string of the molecule is COc1ccccc1CCN(C)CC(N)C(=O)O. The number of nitrogens with two attached hydrogens (primary N) is 1. The van der Waals surface area contributed by atoms with E-state index in [1.807, 2.05) is 36.2 Å². The maximum atomic E-state index is 10.6. The van der Waals surface area contributed by atoms with Crippen LogP contribution in [-0.2, 0) is 11.2 Å². The quantitative estimate of drug-likeness (QED) is 0.742. The van der Waals surface area contributed by atoms with Crippen LogP contribution in [0, 0.1) is 0 Å². The first-order chi connectivity index (χ1) is 8.54. The highest BCUT2D eigenvalue weighted by Crippen LogP contribution is 2.17. The van der Waals surface area contributed by atoms with Gasteiger partial charge < -0.3 is 20.5 Å². The molecule has 0 saturated carbocycles. The third kappa shape index (κ3) is 4.35. The van der Waals surface area contributed by atoms with E-state index in [1.54, 1.807) is 7.11 Å². The average Bonchev–Trinajstić information content (AvgIpc) is 2.36. The molecule has 0 heterocycles. The molecule has 0 radical (unpaired) electrons. The predicted molar refractivity (Wildman–Crippen MR) is 69.8 cm³/mol. The fourth-order valence-electron chi connectivity index (χ4n) is 1.73. The van der Waals surface area contributed by atoms with Gasteiger partial charge in [-0.25, -0.2) is 0 Å². The molecule has 0 amide bonds. The number of benzene rings is 1. The van der Waals surface area contributed by atoms with Gasteiger partial charge in [0.25, 0.3) is 0 Å². The minimum atomic E-state index is -0.973. The summed E-state index contributed by atoms with van der Waals surface area (Å²) in [5.41, 5.74) is 6.58. The van der Waals surface area contributed by atoms with Gasteiger partial charge >= 0.3 is 5.97 Å². The molecule has 0 spiro atoms. The van der Waals surface area contributed by atoms with E-state index in [0.717, 1.165) is 24.3 Å². The predicted octanol–water partition coefficient (Wildman–Crippen LogP) is 0.581. The Balaban J connectivity index is 2.47. The summed E-state index contributed by atoms with van der Waals surface area (Å²) in [4.78, 5) is 12.5. The number of aliphatic carboxylic acids is 1. The Hall–Kier alpha value is -1.59. The zero-order valence-electron chi connectivity index (χ0n) is 10.8. The Kier molecular flexibility index (Phi) is 5.61. The molecule has 0 aromatic heterocycles. The first-order valence-electron chi connectivity index (χ1n) is 5.83. The normalized spacial score (nSPS) is 12.4. The summed E-state index contributed by atoms with van der Waals surface area (Å²) in [6, 6.07) is 6.96. The van der Waals surface area contributed by atoms with Crippen LogP contribution in [0.15, 0.2) is 24.3 Å². The third-order valence-corrected chi connectivity index (χ3v) is 2.78. The summed E-state index contributed by atoms with van der Waals surface area (Å²) in [6.45, 7) is 1.08. The first-order valence-corrected chi connectivity index (χ1v) is 5.83. The van der Waals surface area contributed by atoms with Gasteiger partial charge in [0.15, 0.2) is 0 Å². The van der Waals surface area contributed by atoms with Crippen LogP contribution in [0.5, 0.6) is 5.75 Å². The van der Waals surface area contributed by atoms with E-state index < -0.39 is 12.0 Å². The molecule has 1 aromatic rings. The van der Waals surface area contributed by atoms with E-state index in [9.17, 15) is 4.79 Å². The number of carboxylic acid groups (broad SMARTS) is 1. The molecule has 5 nitrogen and oxygen atoms in total. The second-order valence-electron chi connectivity index (χ2n) is 4.27. The topological polar surface area (TPSA) is 75.8 Å². The molecule has 0 aliphatic carbocycles. The number of carbonyl (C=O) groups is 1. The van der Waals surface area contributed by atoms with Gasteiger partial charge in [-0.3, -0.25) is 4.79 Å². The average molecular weight is 252 g/mol. The number of hydrogen-bond donors (Lipinski definition) is 2. The summed E-state index contributed by atoms with van der Waals surface area (Å²) in [7, 11) is 3.50. The van der Waals surface area contributed by atoms with Crippen molar-refractivity contribution in [3.8, 4) is 5.75 Å². The highest BCUT2D eigenvalue weighted by molar-refractivity contribution is 5.73. The fourth-order valence-corrected chi connectivity index (χ4v) is 1.73. The lowest BCUT2D eigenvalue weighted by molar-refractivity contribution is -0.138. The van der Waals surface area contributed by atoms with Crippen LogP contribution in [0.3, 0.4) is 0 Å². The van der Waals surface area contributed by atoms with Crippen LogP contribution in [0.25, 0.3) is 0 Å². The van der Waals surface area contributed by atoms with E-state index in [4.69, 9.17) is 15.6 Å². The molecule has 1 aromatic carbocycles. The summed E-state index contributed by atoms with van der Waals surface area (Å²) in [5, 5.41) is 8.73. The molecule has 5 heteroatoms. The van der Waals surface area contributed by atoms with Crippen molar-refractivity contribution in [3.05, 3.63) is 29.8 Å². The van der Waals surface area contributed by atoms with Crippen LogP contribution in [0.4, 0.5) is 0 Å². The van der Waals surface area contributed by atoms with Gasteiger partial charge in [-0.1, -0.05) is 18.2 Å². The van der Waals surface area contributed by atoms with E-state index in [1.165, 1.54) is 0 Å². The van der Waals surface area contributed by atoms with Gasteiger partial charge in [0.05, 0.1) is 7.11 Å². The van der Waals surface area contributed by atoms with E-state index in [2.05, 4.69) is 0 Å². The lowest BCUT2D eigenvalue weighted by Crippen LogP contribution is -2.41. The minimum Gasteiger partial charge on any atom is -0.496 e. The number of methoxy groups -OCH3 is 1. The number of ether oxygens (including phenoxy) is 1. The fraction of sp³-hybridized carbons (Fsp3) is 0.462. The number of hydrogen-bond acceptors (Lipinski definition) is 4. The number of para-hydroxylation sites is 1. The number of rotatable bonds is 7. The minimum absolute atomic E-state index is 0.338. The Labute approximate surface area is 107 Å². The van der Waals surface area contributed by atoms with Gasteiger partial charge in [-0.05, 0) is 25.1 Å². The Morgan fingerprint density at radius 3 is 2.78 bits per heavy atom. The second-order valence-corrected chi connectivity index (χ2v) is 4.27. The summed E-state index contributed by atoms with van der Waals surface area (Å²) in [5.74, 6) is -0.118. The molecular weight excluding hydrogens is 232 g/mol. The van der Waals surface area contributed by atoms with Crippen molar-refractivity contribution in [1.29, 1.82) is 0 Å². The van der Waals surface area contributed by atoms with Crippen molar-refractivity contribution in [1.82, 2.24) is 4.90 Å². The largest absolute Gasteiger partial charge is 0.496 e. The van der Waals surface area contributed by atoms with Crippen LogP contribution in [-0.4, -0.2) is 49.3 Å². The van der Waals surface area contributed by atoms with E-state index >= 15 is 0 Å². The number of likely N-dealkylation sites (N-methyl/N-ethyl adjacent to an activating group) is 1. The summed E-state index contributed by atoms with van der Waals surface area (Å²) in [6.07, 6.45) is 0.798. The standard InChI is InChI=1S/C13H20N2O3/c1-15(9-11(14)13(16)17)8-7-10-5-3-4-6-12(10)18-2/h3-6,11H,7-9,14H2,1-2H3,(H,16,17). The molecule has 0 fully saturated rings. The molecule has 1 atom stereocenters. The van der Waals surface area contributed by atoms with Crippen molar-refractivity contribution >= 4 is 5.97 Å². The molecule has 1 rings (SSSR count). The third-order valence-electron chi connectivity index (χ3n) is 2.78. The Morgan fingerprint density at radius 1 is 1.50 bits per heavy atom. The van der Waals surface area contributed by atoms with E-state index in [0.29, 0.717) is 6.54 Å². The van der Waals surface area contributed by atoms with Crippen molar-refractivity contribution in [2.24, 2.45) is 5.73 Å². The zero-order valence-corrected chi connectivity index (χ0v) is 10.8. The van der Waals surface area contributed by atoms with Crippen molar-refractivity contribution < 1.29 is 14.6 Å². The maximum absolute atomic E-state index is 10.6. The number of nitrogens with zero attached hydrogens (tertiary/aromatic N) is 1. The molecule has 18 heavy (non-hydrogen) atoms. The van der Waals surface area contributed by atoms with Gasteiger partial charge in [0.2, 0.25) is 0 Å². The molecule has 3 N–H and O–H groups in total. The molecule has 0 bridgehead atoms. The maximum Gasteiger partial charge on any atom is 0.321 e. The highest BCUT2D eigenvalue weighted by atomic mass is 16.5. The van der Waals surface area contributed by atoms with Gasteiger partial charge in [0, 0.05) is 13.1 Å². The number of carboxylic acids is 1. The van der Waals surface area contributed by atoms with Crippen LogP contribution < -0.4 is 10.5 Å². The summed E-state index contributed by atoms with van der Waals surface area (Å²) >= 11 is 0. The first kappa shape index (κ1) is 14.5. The Morgan fingerprint density at radius 2 is 2.17 bits per heavy atom. The van der Waals surface area contributed by atoms with Crippen LogP contribution in [0.2, 0.25) is 0 Å². The van der Waals surface area contributed by atoms with E-state index in [-0.39, 0.29) is 0 Å². The van der Waals surface area contributed by atoms with Crippen LogP contribution in [0.1, 0.15) is 5.56 Å². The van der Waals surface area contributed by atoms with Gasteiger partial charge in [-0.2, -0.15) is 0 Å². The van der Waals surface area contributed by atoms with Gasteiger partial charge in [-0.15, -0.1) is 0 Å². The smallest absolute Gasteiger partial charge is 0.321 e. The molecule has 100 valence electrons. The monoisotopic (exact) mass is 252 g/mol. The molecule has 0 aliphatic heterocycles. The van der Waals surface area contributed by atoms with Crippen LogP contribution >= 0.6 is 0 Å². The molecule has 1 unspecified atom stereocenters. The molecule has 0 saturated heterocycles. The molecule has 0 aliphatic rings. The van der Waals surface area contributed by atoms with Crippen molar-refractivity contribution in [3.63, 3.8) is 0 Å². The molecular formula is C13H20N2O3. The Bertz CT molecular complexity index is 396. The lowest BCUT2D eigenvalue weighted by atomic mass is 10.1. The van der Waals surface area contributed by atoms with Crippen molar-refractivity contribution in [2.75, 3.05) is 27.2 Å². The van der Waals surface area contributed by atoms with Crippen molar-refractivity contribution in [2.45, 2.75) is 12.5 Å². The van der Waals surface area contributed by atoms with Gasteiger partial charge in [0.1, 0.15) is 11.8 Å². The zero-order chi connectivity index (χ0) is 13.5.